The summed E-state index contributed by atoms with van der Waals surface area (Å²) in [4.78, 5) is 14.4. The van der Waals surface area contributed by atoms with E-state index in [2.05, 4.69) is 0 Å². The Bertz CT molecular complexity index is 946. The second-order valence-corrected chi connectivity index (χ2v) is 6.56. The van der Waals surface area contributed by atoms with Crippen LogP contribution in [0.25, 0.3) is 5.57 Å². The quantitative estimate of drug-likeness (QED) is 0.623. The predicted molar refractivity (Wildman–Crippen MR) is 95.5 cm³/mol. The van der Waals surface area contributed by atoms with E-state index >= 15 is 0 Å². The molecule has 0 saturated heterocycles. The van der Waals surface area contributed by atoms with E-state index in [-0.39, 0.29) is 11.3 Å². The topological polar surface area (TPSA) is 17.1 Å². The smallest absolute Gasteiger partial charge is 0.203 e. The van der Waals surface area contributed by atoms with Gasteiger partial charge in [-0.25, -0.2) is 4.39 Å². The van der Waals surface area contributed by atoms with Gasteiger partial charge in [0.25, 0.3) is 0 Å². The molecular weight excluding hydrogens is 319 g/mol. The van der Waals surface area contributed by atoms with Crippen molar-refractivity contribution in [2.45, 2.75) is 4.90 Å². The number of ketones is 1. The Labute approximate surface area is 143 Å². The number of carbonyl (C=O) groups is 1. The van der Waals surface area contributed by atoms with Crippen LogP contribution in [0.1, 0.15) is 21.5 Å². The van der Waals surface area contributed by atoms with Gasteiger partial charge in [0.2, 0.25) is 5.78 Å². The highest BCUT2D eigenvalue weighted by Gasteiger charge is 2.33. The number of Topliss-reactive ketones (excluding diaryl/α,β-unsaturated/α-hetero) is 1. The summed E-state index contributed by atoms with van der Waals surface area (Å²) in [7, 11) is 0. The van der Waals surface area contributed by atoms with Gasteiger partial charge in [-0.1, -0.05) is 72.4 Å². The normalized spacial score (nSPS) is 13.3. The van der Waals surface area contributed by atoms with E-state index in [0.717, 1.165) is 16.0 Å². The molecule has 0 heterocycles. The van der Waals surface area contributed by atoms with Gasteiger partial charge in [-0.2, -0.15) is 0 Å². The molecule has 1 nitrogen and oxygen atoms in total. The number of fused-ring (bicyclic) bond motifs is 1. The maximum absolute atomic E-state index is 14.3. The first-order valence-corrected chi connectivity index (χ1v) is 8.43. The van der Waals surface area contributed by atoms with E-state index in [9.17, 15) is 9.18 Å². The minimum Gasteiger partial charge on any atom is -0.288 e. The molecule has 1 aliphatic rings. The molecular formula is C21H13FOS. The minimum atomic E-state index is -0.463. The summed E-state index contributed by atoms with van der Waals surface area (Å²) >= 11 is 1.39. The average molecular weight is 332 g/mol. The van der Waals surface area contributed by atoms with Crippen molar-refractivity contribution in [1.29, 1.82) is 0 Å². The minimum absolute atomic E-state index is 0.176. The van der Waals surface area contributed by atoms with E-state index in [0.29, 0.717) is 10.5 Å². The van der Waals surface area contributed by atoms with Crippen LogP contribution in [0.5, 0.6) is 0 Å². The summed E-state index contributed by atoms with van der Waals surface area (Å²) in [5, 5.41) is 0. The predicted octanol–water partition coefficient (Wildman–Crippen LogP) is 5.57. The molecule has 0 atom stereocenters. The van der Waals surface area contributed by atoms with Gasteiger partial charge in [-0.3, -0.25) is 4.79 Å². The lowest BCUT2D eigenvalue weighted by atomic mass is 9.99. The van der Waals surface area contributed by atoms with E-state index < -0.39 is 5.82 Å². The van der Waals surface area contributed by atoms with Crippen LogP contribution in [0.2, 0.25) is 0 Å². The molecule has 0 fully saturated rings. The molecule has 0 amide bonds. The number of hydrogen-bond acceptors (Lipinski definition) is 2. The van der Waals surface area contributed by atoms with Gasteiger partial charge in [0, 0.05) is 10.5 Å². The Morgan fingerprint density at radius 2 is 1.42 bits per heavy atom. The molecule has 4 rings (SSSR count). The van der Waals surface area contributed by atoms with Gasteiger partial charge in [-0.05, 0) is 29.3 Å². The van der Waals surface area contributed by atoms with Gasteiger partial charge in [0.1, 0.15) is 5.82 Å². The number of thioether (sulfide) groups is 1. The summed E-state index contributed by atoms with van der Waals surface area (Å²) in [5.41, 5.74) is 2.58. The number of carbonyl (C=O) groups excluding carboxylic acids is 1. The number of hydrogen-bond donors (Lipinski definition) is 0. The van der Waals surface area contributed by atoms with Gasteiger partial charge in [-0.15, -0.1) is 0 Å². The van der Waals surface area contributed by atoms with Crippen molar-refractivity contribution >= 4 is 23.1 Å². The van der Waals surface area contributed by atoms with E-state index in [1.807, 2.05) is 66.7 Å². The molecule has 0 bridgehead atoms. The van der Waals surface area contributed by atoms with Crippen molar-refractivity contribution in [2.75, 3.05) is 0 Å². The van der Waals surface area contributed by atoms with E-state index in [1.54, 1.807) is 6.07 Å². The molecule has 3 heteroatoms. The summed E-state index contributed by atoms with van der Waals surface area (Å²) in [6.07, 6.45) is 0. The first kappa shape index (κ1) is 14.9. The lowest BCUT2D eigenvalue weighted by Crippen LogP contribution is -1.99. The van der Waals surface area contributed by atoms with Gasteiger partial charge < -0.3 is 0 Å². The maximum Gasteiger partial charge on any atom is 0.203 e. The molecule has 0 aromatic heterocycles. The first-order valence-electron chi connectivity index (χ1n) is 7.62. The SMILES string of the molecule is O=C1C(Sc2ccccc2)=C(c2ccccc2)c2cccc(F)c21. The van der Waals surface area contributed by atoms with Crippen LogP contribution < -0.4 is 0 Å². The van der Waals surface area contributed by atoms with Crippen molar-refractivity contribution in [2.24, 2.45) is 0 Å². The van der Waals surface area contributed by atoms with Gasteiger partial charge >= 0.3 is 0 Å². The zero-order chi connectivity index (χ0) is 16.5. The standard InChI is InChI=1S/C21H13FOS/c22-17-13-7-12-16-18(14-8-3-1-4-9-14)21(20(23)19(16)17)24-15-10-5-2-6-11-15/h1-13H. The summed E-state index contributed by atoms with van der Waals surface area (Å²) in [5.74, 6) is -0.703. The van der Waals surface area contributed by atoms with Crippen molar-refractivity contribution < 1.29 is 9.18 Å². The number of rotatable bonds is 3. The molecule has 0 saturated carbocycles. The molecule has 1 aliphatic carbocycles. The van der Waals surface area contributed by atoms with Crippen LogP contribution in [0.15, 0.2) is 88.7 Å². The largest absolute Gasteiger partial charge is 0.288 e. The molecule has 3 aromatic rings. The fourth-order valence-corrected chi connectivity index (χ4v) is 3.96. The number of allylic oxidation sites excluding steroid dienone is 1. The Kier molecular flexibility index (Phi) is 3.79. The molecule has 0 aliphatic heterocycles. The highest BCUT2D eigenvalue weighted by Crippen LogP contribution is 2.45. The second-order valence-electron chi connectivity index (χ2n) is 5.48. The lowest BCUT2D eigenvalue weighted by Gasteiger charge is -2.08. The van der Waals surface area contributed by atoms with Crippen LogP contribution in [-0.4, -0.2) is 5.78 Å². The third-order valence-electron chi connectivity index (χ3n) is 3.97. The van der Waals surface area contributed by atoms with E-state index in [1.165, 1.54) is 17.8 Å². The number of benzene rings is 3. The molecule has 0 spiro atoms. The lowest BCUT2D eigenvalue weighted by molar-refractivity contribution is 0.104. The third-order valence-corrected chi connectivity index (χ3v) is 5.07. The summed E-state index contributed by atoms with van der Waals surface area (Å²) in [6, 6.07) is 24.2. The second kappa shape index (κ2) is 6.10. The van der Waals surface area contributed by atoms with Crippen molar-refractivity contribution in [3.63, 3.8) is 0 Å². The highest BCUT2D eigenvalue weighted by atomic mass is 32.2. The van der Waals surface area contributed by atoms with Crippen molar-refractivity contribution in [3.8, 4) is 0 Å². The van der Waals surface area contributed by atoms with Gasteiger partial charge in [0.15, 0.2) is 0 Å². The van der Waals surface area contributed by atoms with Crippen molar-refractivity contribution in [3.05, 3.63) is 106 Å². The summed E-state index contributed by atoms with van der Waals surface area (Å²) < 4.78 is 14.3. The molecule has 0 radical (unpaired) electrons. The molecule has 3 aromatic carbocycles. The monoisotopic (exact) mass is 332 g/mol. The van der Waals surface area contributed by atoms with Crippen LogP contribution in [0.3, 0.4) is 0 Å². The summed E-state index contributed by atoms with van der Waals surface area (Å²) in [6.45, 7) is 0. The van der Waals surface area contributed by atoms with Crippen molar-refractivity contribution in [1.82, 2.24) is 0 Å². The average Bonchev–Trinajstić information content (AvgIpc) is 2.90. The van der Waals surface area contributed by atoms with Crippen LogP contribution in [0, 0.1) is 5.82 Å². The van der Waals surface area contributed by atoms with E-state index in [4.69, 9.17) is 0 Å². The van der Waals surface area contributed by atoms with Crippen LogP contribution >= 0.6 is 11.8 Å². The van der Waals surface area contributed by atoms with Gasteiger partial charge in [0.05, 0.1) is 10.5 Å². The zero-order valence-electron chi connectivity index (χ0n) is 12.7. The molecule has 0 unspecified atom stereocenters. The maximum atomic E-state index is 14.3. The third kappa shape index (κ3) is 2.47. The van der Waals surface area contributed by atoms with Crippen LogP contribution in [-0.2, 0) is 0 Å². The fourth-order valence-electron chi connectivity index (χ4n) is 2.91. The first-order chi connectivity index (χ1) is 11.8. The van der Waals surface area contributed by atoms with Crippen LogP contribution in [0.4, 0.5) is 4.39 Å². The zero-order valence-corrected chi connectivity index (χ0v) is 13.5. The Hall–Kier alpha value is -2.65. The molecule has 0 N–H and O–H groups in total. The Morgan fingerprint density at radius 3 is 2.12 bits per heavy atom. The fraction of sp³-hybridized carbons (Fsp3) is 0. The number of halogens is 1. The highest BCUT2D eigenvalue weighted by molar-refractivity contribution is 8.04. The Morgan fingerprint density at radius 1 is 0.750 bits per heavy atom. The Balaban J connectivity index is 1.92. The molecule has 24 heavy (non-hydrogen) atoms. The molecule has 116 valence electrons.